The first kappa shape index (κ1) is 19.4. The molecule has 0 bridgehead atoms. The van der Waals surface area contributed by atoms with Gasteiger partial charge >= 0.3 is 0 Å². The summed E-state index contributed by atoms with van der Waals surface area (Å²) in [5.41, 5.74) is 1.37. The van der Waals surface area contributed by atoms with Crippen LogP contribution in [0.5, 0.6) is 0 Å². The molecule has 0 aliphatic carbocycles. The number of rotatable bonds is 3. The summed E-state index contributed by atoms with van der Waals surface area (Å²) in [5, 5.41) is 4.96. The van der Waals surface area contributed by atoms with Gasteiger partial charge in [-0.25, -0.2) is 0 Å². The van der Waals surface area contributed by atoms with Crippen LogP contribution in [-0.2, 0) is 16.8 Å². The minimum absolute atomic E-state index is 0.0321. The highest BCUT2D eigenvalue weighted by molar-refractivity contribution is 6.30. The summed E-state index contributed by atoms with van der Waals surface area (Å²) in [4.78, 5) is 28.8. The molecule has 1 saturated heterocycles. The van der Waals surface area contributed by atoms with Crippen molar-refractivity contribution in [1.29, 1.82) is 0 Å². The summed E-state index contributed by atoms with van der Waals surface area (Å²) < 4.78 is 1.80. The summed E-state index contributed by atoms with van der Waals surface area (Å²) in [6.45, 7) is 8.28. The minimum Gasteiger partial charge on any atom is -0.339 e. The summed E-state index contributed by atoms with van der Waals surface area (Å²) in [7, 11) is 0. The molecule has 6 nitrogen and oxygen atoms in total. The van der Waals surface area contributed by atoms with Crippen LogP contribution in [0, 0.1) is 0 Å². The third-order valence-electron chi connectivity index (χ3n) is 4.71. The van der Waals surface area contributed by atoms with Crippen molar-refractivity contribution < 1.29 is 9.59 Å². The molecule has 144 valence electrons. The molecular formula is C20H25ClN4O2. The fraction of sp³-hybridized carbons (Fsp3) is 0.450. The molecule has 1 aliphatic rings. The maximum atomic E-state index is 12.7. The molecule has 27 heavy (non-hydrogen) atoms. The number of aromatic nitrogens is 2. The topological polar surface area (TPSA) is 58.4 Å². The predicted molar refractivity (Wildman–Crippen MR) is 105 cm³/mol. The number of carbonyl (C=O) groups is 2. The Morgan fingerprint density at radius 3 is 2.19 bits per heavy atom. The largest absolute Gasteiger partial charge is 0.339 e. The van der Waals surface area contributed by atoms with E-state index in [2.05, 4.69) is 5.10 Å². The van der Waals surface area contributed by atoms with Gasteiger partial charge in [0.25, 0.3) is 5.91 Å². The molecular weight excluding hydrogens is 364 g/mol. The van der Waals surface area contributed by atoms with E-state index in [9.17, 15) is 9.59 Å². The minimum atomic E-state index is -0.161. The zero-order valence-corrected chi connectivity index (χ0v) is 16.7. The summed E-state index contributed by atoms with van der Waals surface area (Å²) in [6, 6.07) is 7.32. The average Bonchev–Trinajstić information content (AvgIpc) is 3.14. The number of carbonyl (C=O) groups excluding carboxylic acids is 2. The molecule has 1 fully saturated rings. The second-order valence-corrected chi connectivity index (χ2v) is 8.26. The van der Waals surface area contributed by atoms with E-state index in [0.717, 1.165) is 5.56 Å². The molecule has 1 aromatic heterocycles. The van der Waals surface area contributed by atoms with Crippen LogP contribution in [0.15, 0.2) is 36.7 Å². The Morgan fingerprint density at radius 1 is 1.04 bits per heavy atom. The smallest absolute Gasteiger partial charge is 0.257 e. The number of benzene rings is 1. The molecule has 2 heterocycles. The van der Waals surface area contributed by atoms with E-state index < -0.39 is 0 Å². The van der Waals surface area contributed by atoms with E-state index in [1.165, 1.54) is 0 Å². The van der Waals surface area contributed by atoms with Gasteiger partial charge in [0, 0.05) is 37.4 Å². The van der Waals surface area contributed by atoms with Gasteiger partial charge in [-0.1, -0.05) is 23.7 Å². The molecule has 3 rings (SSSR count). The maximum Gasteiger partial charge on any atom is 0.257 e. The summed E-state index contributed by atoms with van der Waals surface area (Å²) in [5.74, 6) is 0.0419. The van der Waals surface area contributed by atoms with E-state index in [1.54, 1.807) is 34.1 Å². The van der Waals surface area contributed by atoms with Crippen molar-refractivity contribution in [2.24, 2.45) is 0 Å². The number of nitrogens with zero attached hydrogens (tertiary/aromatic N) is 4. The molecule has 0 spiro atoms. The molecule has 7 heteroatoms. The van der Waals surface area contributed by atoms with E-state index in [1.807, 2.05) is 37.8 Å². The molecule has 1 aromatic carbocycles. The van der Waals surface area contributed by atoms with Crippen LogP contribution in [0.2, 0.25) is 5.02 Å². The Bertz CT molecular complexity index is 815. The van der Waals surface area contributed by atoms with Crippen molar-refractivity contribution in [3.63, 3.8) is 0 Å². The van der Waals surface area contributed by atoms with Crippen LogP contribution in [-0.4, -0.2) is 57.6 Å². The van der Waals surface area contributed by atoms with Gasteiger partial charge in [0.05, 0.1) is 23.7 Å². The number of amides is 2. The van der Waals surface area contributed by atoms with Gasteiger partial charge in [0.2, 0.25) is 5.91 Å². The van der Waals surface area contributed by atoms with E-state index >= 15 is 0 Å². The molecule has 2 aromatic rings. The van der Waals surface area contributed by atoms with Gasteiger partial charge in [0.15, 0.2) is 0 Å². The van der Waals surface area contributed by atoms with Gasteiger partial charge in [-0.15, -0.1) is 0 Å². The highest BCUT2D eigenvalue weighted by atomic mass is 35.5. The van der Waals surface area contributed by atoms with Crippen LogP contribution in [0.3, 0.4) is 0 Å². The SMILES string of the molecule is CC(C)(C)n1cc(C(=O)N2CCN(C(=O)Cc3ccc(Cl)cc3)CC2)cn1. The van der Waals surface area contributed by atoms with Crippen molar-refractivity contribution in [1.82, 2.24) is 19.6 Å². The standard InChI is InChI=1S/C20H25ClN4O2/c1-20(2,3)25-14-16(13-22-25)19(27)24-10-8-23(9-11-24)18(26)12-15-4-6-17(21)7-5-15/h4-7,13-14H,8-12H2,1-3H3. The average molecular weight is 389 g/mol. The zero-order chi connectivity index (χ0) is 19.6. The van der Waals surface area contributed by atoms with Gasteiger partial charge in [-0.3, -0.25) is 14.3 Å². The van der Waals surface area contributed by atoms with E-state index in [4.69, 9.17) is 11.6 Å². The zero-order valence-electron chi connectivity index (χ0n) is 16.0. The highest BCUT2D eigenvalue weighted by Gasteiger charge is 2.26. The molecule has 0 N–H and O–H groups in total. The van der Waals surface area contributed by atoms with Crippen molar-refractivity contribution in [3.05, 3.63) is 52.8 Å². The number of hydrogen-bond acceptors (Lipinski definition) is 3. The van der Waals surface area contributed by atoms with Gasteiger partial charge in [-0.2, -0.15) is 5.10 Å². The molecule has 0 saturated carbocycles. The van der Waals surface area contributed by atoms with Crippen LogP contribution >= 0.6 is 11.6 Å². The molecule has 0 radical (unpaired) electrons. The molecule has 0 unspecified atom stereocenters. The lowest BCUT2D eigenvalue weighted by atomic mass is 10.1. The first-order valence-electron chi connectivity index (χ1n) is 9.11. The number of hydrogen-bond donors (Lipinski definition) is 0. The van der Waals surface area contributed by atoms with Crippen LogP contribution in [0.4, 0.5) is 0 Å². The second-order valence-electron chi connectivity index (χ2n) is 7.82. The van der Waals surface area contributed by atoms with Gasteiger partial charge in [-0.05, 0) is 38.5 Å². The van der Waals surface area contributed by atoms with Crippen molar-refractivity contribution >= 4 is 23.4 Å². The third-order valence-corrected chi connectivity index (χ3v) is 4.96. The Morgan fingerprint density at radius 2 is 1.63 bits per heavy atom. The van der Waals surface area contributed by atoms with Crippen molar-refractivity contribution in [2.75, 3.05) is 26.2 Å². The van der Waals surface area contributed by atoms with Crippen LogP contribution in [0.1, 0.15) is 36.7 Å². The lowest BCUT2D eigenvalue weighted by Crippen LogP contribution is -2.51. The first-order chi connectivity index (χ1) is 12.7. The number of piperazine rings is 1. The first-order valence-corrected chi connectivity index (χ1v) is 9.48. The normalized spacial score (nSPS) is 15.1. The lowest BCUT2D eigenvalue weighted by Gasteiger charge is -2.34. The Labute approximate surface area is 164 Å². The Balaban J connectivity index is 1.55. The monoisotopic (exact) mass is 388 g/mol. The van der Waals surface area contributed by atoms with Gasteiger partial charge in [0.1, 0.15) is 0 Å². The molecule has 1 aliphatic heterocycles. The van der Waals surface area contributed by atoms with Crippen molar-refractivity contribution in [3.8, 4) is 0 Å². The molecule has 2 amide bonds. The predicted octanol–water partition coefficient (Wildman–Crippen LogP) is 2.82. The van der Waals surface area contributed by atoms with Crippen LogP contribution < -0.4 is 0 Å². The summed E-state index contributed by atoms with van der Waals surface area (Å²) in [6.07, 6.45) is 3.76. The van der Waals surface area contributed by atoms with Crippen molar-refractivity contribution in [2.45, 2.75) is 32.7 Å². The maximum absolute atomic E-state index is 12.7. The van der Waals surface area contributed by atoms with Gasteiger partial charge < -0.3 is 9.80 Å². The fourth-order valence-electron chi connectivity index (χ4n) is 3.03. The highest BCUT2D eigenvalue weighted by Crippen LogP contribution is 2.16. The quantitative estimate of drug-likeness (QED) is 0.812. The fourth-order valence-corrected chi connectivity index (χ4v) is 3.16. The lowest BCUT2D eigenvalue weighted by molar-refractivity contribution is -0.131. The Hall–Kier alpha value is -2.34. The van der Waals surface area contributed by atoms with E-state index in [0.29, 0.717) is 43.2 Å². The second kappa shape index (κ2) is 7.72. The molecule has 0 atom stereocenters. The third kappa shape index (κ3) is 4.69. The van der Waals surface area contributed by atoms with Crippen LogP contribution in [0.25, 0.3) is 0 Å². The number of halogens is 1. The Kier molecular flexibility index (Phi) is 5.56. The summed E-state index contributed by atoms with van der Waals surface area (Å²) >= 11 is 5.88. The van der Waals surface area contributed by atoms with E-state index in [-0.39, 0.29) is 17.4 Å².